The molecule has 0 saturated heterocycles. The molecule has 8 nitrogen and oxygen atoms in total. The van der Waals surface area contributed by atoms with E-state index in [9.17, 15) is 0 Å². The van der Waals surface area contributed by atoms with Gasteiger partial charge in [0.05, 0.1) is 0 Å². The molecule has 278 valence electrons. The maximum absolute atomic E-state index is 15.4. The molecule has 0 bridgehead atoms. The molecule has 0 aliphatic rings. The molecule has 0 fully saturated rings. The van der Waals surface area contributed by atoms with Gasteiger partial charge in [0.2, 0.25) is 5.95 Å². The summed E-state index contributed by atoms with van der Waals surface area (Å²) in [6.07, 6.45) is 6.34. The van der Waals surface area contributed by atoms with E-state index in [1.807, 2.05) is 129 Å². The Bertz CT molecular complexity index is 2540. The van der Waals surface area contributed by atoms with Crippen LogP contribution in [0.3, 0.4) is 0 Å². The predicted octanol–water partition coefficient (Wildman–Crippen LogP) is 7.73. The van der Waals surface area contributed by atoms with Gasteiger partial charge in [-0.15, -0.1) is 71.8 Å². The summed E-state index contributed by atoms with van der Waals surface area (Å²) in [7, 11) is -6.58. The standard InChI is InChI=1S/C43H34N6O2P2.2Pt/c1-29(2)52(50,33-13-9-11-31(23-33)39-15-5-7-21-45-39)35-17-19-37-38-20-18-36(26-42(38)49(41(37)25-35)43-47-27-44-28-48-43)53(51,30(3)4)34-14-10-12-32(24-34)40-16-6-8-22-46-40;;/h5-22,27-30H,1-4H3;;/q-4;2*+2. The van der Waals surface area contributed by atoms with Crippen molar-refractivity contribution in [2.24, 2.45) is 0 Å². The Hall–Kier alpha value is -4.17. The fourth-order valence-corrected chi connectivity index (χ4v) is 11.9. The summed E-state index contributed by atoms with van der Waals surface area (Å²) >= 11 is 0. The molecule has 4 heterocycles. The van der Waals surface area contributed by atoms with Crippen molar-refractivity contribution in [3.63, 3.8) is 0 Å². The molecule has 55 heavy (non-hydrogen) atoms. The Kier molecular flexibility index (Phi) is 12.2. The molecular formula is C43H34N6O2P2Pt2. The quantitative estimate of drug-likeness (QED) is 0.108. The van der Waals surface area contributed by atoms with Crippen LogP contribution in [0.2, 0.25) is 0 Å². The Morgan fingerprint density at radius 3 is 1.35 bits per heavy atom. The second-order valence-electron chi connectivity index (χ2n) is 13.3. The minimum absolute atomic E-state index is 0. The summed E-state index contributed by atoms with van der Waals surface area (Å²) < 4.78 is 32.6. The maximum atomic E-state index is 15.4. The molecule has 4 aromatic heterocycles. The first-order valence-corrected chi connectivity index (χ1v) is 20.9. The van der Waals surface area contributed by atoms with Crippen molar-refractivity contribution in [2.45, 2.75) is 39.0 Å². The molecular weight excluding hydrogens is 1080 g/mol. The normalized spacial score (nSPS) is 13.6. The number of hydrogen-bond acceptors (Lipinski definition) is 7. The zero-order chi connectivity index (χ0) is 36.7. The van der Waals surface area contributed by atoms with Crippen LogP contribution in [-0.4, -0.2) is 40.8 Å². The molecule has 0 N–H and O–H groups in total. The number of rotatable bonds is 9. The van der Waals surface area contributed by atoms with Crippen molar-refractivity contribution in [3.05, 3.63) is 146 Å². The van der Waals surface area contributed by atoms with E-state index in [1.165, 1.54) is 12.7 Å². The van der Waals surface area contributed by atoms with Crippen LogP contribution < -0.4 is 21.2 Å². The van der Waals surface area contributed by atoms with Crippen molar-refractivity contribution >= 4 is 57.3 Å². The van der Waals surface area contributed by atoms with E-state index in [4.69, 9.17) is 0 Å². The van der Waals surface area contributed by atoms with E-state index in [1.54, 1.807) is 12.4 Å². The average molecular weight is 1120 g/mol. The van der Waals surface area contributed by atoms with Gasteiger partial charge in [-0.3, -0.25) is 0 Å². The van der Waals surface area contributed by atoms with E-state index in [2.05, 4.69) is 49.2 Å². The summed E-state index contributed by atoms with van der Waals surface area (Å²) in [6, 6.07) is 44.5. The molecule has 2 atom stereocenters. The van der Waals surface area contributed by atoms with Gasteiger partial charge in [0.1, 0.15) is 26.9 Å². The maximum Gasteiger partial charge on any atom is 2.00 e. The third kappa shape index (κ3) is 7.20. The van der Waals surface area contributed by atoms with Crippen LogP contribution in [0, 0.1) is 24.3 Å². The Balaban J connectivity index is 0.00000257. The minimum atomic E-state index is -3.29. The van der Waals surface area contributed by atoms with E-state index in [-0.39, 0.29) is 53.4 Å². The van der Waals surface area contributed by atoms with E-state index < -0.39 is 14.3 Å². The van der Waals surface area contributed by atoms with Gasteiger partial charge in [0.15, 0.2) is 0 Å². The summed E-state index contributed by atoms with van der Waals surface area (Å²) in [4.78, 5) is 22.1. The van der Waals surface area contributed by atoms with Crippen LogP contribution in [0.25, 0.3) is 50.3 Å². The second kappa shape index (κ2) is 16.5. The van der Waals surface area contributed by atoms with Crippen molar-refractivity contribution in [1.82, 2.24) is 29.5 Å². The number of nitrogens with zero attached hydrogens (tertiary/aromatic N) is 6. The summed E-state index contributed by atoms with van der Waals surface area (Å²) in [5.74, 6) is 0.341. The largest absolute Gasteiger partial charge is 2.00 e. The van der Waals surface area contributed by atoms with Crippen LogP contribution >= 0.6 is 14.3 Å². The predicted molar refractivity (Wildman–Crippen MR) is 213 cm³/mol. The molecule has 0 aliphatic carbocycles. The summed E-state index contributed by atoms with van der Waals surface area (Å²) in [5.41, 5.74) is 3.79. The van der Waals surface area contributed by atoms with Crippen molar-refractivity contribution in [2.75, 3.05) is 0 Å². The molecule has 0 radical (unpaired) electrons. The molecule has 8 aromatic rings. The molecule has 0 aliphatic heterocycles. The first-order chi connectivity index (χ1) is 25.7. The van der Waals surface area contributed by atoms with Gasteiger partial charge in [-0.2, -0.15) is 35.0 Å². The van der Waals surface area contributed by atoms with Gasteiger partial charge in [-0.1, -0.05) is 84.2 Å². The van der Waals surface area contributed by atoms with Gasteiger partial charge in [-0.05, 0) is 23.5 Å². The van der Waals surface area contributed by atoms with Gasteiger partial charge in [-0.25, -0.2) is 15.0 Å². The SMILES string of the molecule is CC(C)P(=O)(c1[c-]c(-c2ccccn2)ccc1)c1[c-]c2c(cc1)c1ccc(P(=O)(c3[c-]c(-c4ccccn4)ccc3)C(C)C)[c-]c1n2-c1ncncn1.[Pt+2].[Pt+2]. The molecule has 2 unspecified atom stereocenters. The molecule has 4 aromatic carbocycles. The zero-order valence-electron chi connectivity index (χ0n) is 30.2. The van der Waals surface area contributed by atoms with Crippen LogP contribution in [0.4, 0.5) is 0 Å². The Morgan fingerprint density at radius 2 is 0.945 bits per heavy atom. The van der Waals surface area contributed by atoms with Gasteiger partial charge in [0.25, 0.3) is 0 Å². The van der Waals surface area contributed by atoms with E-state index >= 15 is 9.13 Å². The topological polar surface area (TPSA) is 104 Å². The fourth-order valence-electron chi connectivity index (χ4n) is 6.79. The first kappa shape index (κ1) is 40.5. The van der Waals surface area contributed by atoms with Crippen LogP contribution in [0.5, 0.6) is 0 Å². The van der Waals surface area contributed by atoms with E-state index in [0.29, 0.717) is 38.2 Å². The van der Waals surface area contributed by atoms with Crippen molar-refractivity contribution < 1.29 is 51.3 Å². The monoisotopic (exact) mass is 1120 g/mol. The van der Waals surface area contributed by atoms with Crippen LogP contribution in [-0.2, 0) is 51.3 Å². The minimum Gasteiger partial charge on any atom is -0.328 e. The molecule has 0 amide bonds. The fraction of sp³-hybridized carbons (Fsp3) is 0.140. The van der Waals surface area contributed by atoms with E-state index in [0.717, 1.165) is 33.3 Å². The third-order valence-electron chi connectivity index (χ3n) is 9.56. The Labute approximate surface area is 349 Å². The third-order valence-corrected chi connectivity index (χ3v) is 16.4. The van der Waals surface area contributed by atoms with Gasteiger partial charge in [0, 0.05) is 23.7 Å². The molecule has 0 saturated carbocycles. The number of benzene rings is 4. The number of aromatic nitrogens is 6. The van der Waals surface area contributed by atoms with Crippen molar-refractivity contribution in [1.29, 1.82) is 0 Å². The number of pyridine rings is 2. The smallest absolute Gasteiger partial charge is 0.328 e. The number of hydrogen-bond donors (Lipinski definition) is 0. The van der Waals surface area contributed by atoms with Crippen LogP contribution in [0.1, 0.15) is 27.7 Å². The Morgan fingerprint density at radius 1 is 0.509 bits per heavy atom. The second-order valence-corrected chi connectivity index (χ2v) is 19.9. The van der Waals surface area contributed by atoms with Gasteiger partial charge < -0.3 is 23.7 Å². The van der Waals surface area contributed by atoms with Gasteiger partial charge >= 0.3 is 42.1 Å². The molecule has 12 heteroatoms. The molecule has 0 spiro atoms. The van der Waals surface area contributed by atoms with Crippen molar-refractivity contribution in [3.8, 4) is 28.5 Å². The molecule has 8 rings (SSSR count). The zero-order valence-corrected chi connectivity index (χ0v) is 36.6. The average Bonchev–Trinajstić information content (AvgIpc) is 3.54. The van der Waals surface area contributed by atoms with Crippen LogP contribution in [0.15, 0.2) is 122 Å². The number of fused-ring (bicyclic) bond motifs is 3. The summed E-state index contributed by atoms with van der Waals surface area (Å²) in [5, 5.41) is 4.01. The summed E-state index contributed by atoms with van der Waals surface area (Å²) in [6.45, 7) is 7.85. The first-order valence-electron chi connectivity index (χ1n) is 17.3.